The van der Waals surface area contributed by atoms with E-state index in [2.05, 4.69) is 5.32 Å². The lowest BCUT2D eigenvalue weighted by Gasteiger charge is -2.31. The van der Waals surface area contributed by atoms with Crippen molar-refractivity contribution in [2.45, 2.75) is 19.8 Å². The Morgan fingerprint density at radius 2 is 1.77 bits per heavy atom. The fourth-order valence-electron chi connectivity index (χ4n) is 2.70. The Morgan fingerprint density at radius 1 is 1.18 bits per heavy atom. The van der Waals surface area contributed by atoms with E-state index in [-0.39, 0.29) is 5.57 Å². The molecule has 1 aromatic rings. The number of carbonyl (C=O) groups excluding carboxylic acids is 3. The minimum Gasteiger partial charge on any atom is -0.466 e. The summed E-state index contributed by atoms with van der Waals surface area (Å²) in [7, 11) is 1.25. The number of allylic oxidation sites excluding steroid dienone is 1. The second-order valence-corrected chi connectivity index (χ2v) is 5.29. The normalized spacial score (nSPS) is 21.3. The summed E-state index contributed by atoms with van der Waals surface area (Å²) in [4.78, 5) is 36.0. The van der Waals surface area contributed by atoms with Gasteiger partial charge in [0.2, 0.25) is 11.8 Å². The fraction of sp³-hybridized carbons (Fsp3) is 0.312. The zero-order chi connectivity index (χ0) is 16.4. The Labute approximate surface area is 128 Å². The molecule has 0 aliphatic carbocycles. The van der Waals surface area contributed by atoms with Gasteiger partial charge in [-0.3, -0.25) is 9.59 Å². The Kier molecular flexibility index (Phi) is 4.30. The number of amides is 2. The van der Waals surface area contributed by atoms with Crippen LogP contribution in [-0.2, 0) is 19.1 Å². The molecule has 0 radical (unpaired) electrons. The number of benzene rings is 1. The minimum absolute atomic E-state index is 0.245. The molecule has 1 aromatic carbocycles. The van der Waals surface area contributed by atoms with Gasteiger partial charge in [-0.2, -0.15) is 0 Å². The van der Waals surface area contributed by atoms with E-state index in [9.17, 15) is 14.4 Å². The third kappa shape index (κ3) is 2.72. The number of ether oxygens (including phenoxy) is 1. The van der Waals surface area contributed by atoms with Crippen molar-refractivity contribution in [3.63, 3.8) is 0 Å². The monoisotopic (exact) mass is 302 g/mol. The molecule has 0 saturated carbocycles. The lowest BCUT2D eigenvalue weighted by molar-refractivity contribution is -0.138. The highest BCUT2D eigenvalue weighted by Crippen LogP contribution is 2.37. The van der Waals surface area contributed by atoms with E-state index in [0.717, 1.165) is 5.56 Å². The molecule has 1 aliphatic heterocycles. The maximum atomic E-state index is 12.2. The van der Waals surface area contributed by atoms with Crippen molar-refractivity contribution in [3.8, 4) is 0 Å². The van der Waals surface area contributed by atoms with Gasteiger partial charge in [-0.15, -0.1) is 0 Å². The zero-order valence-electron chi connectivity index (χ0n) is 12.7. The van der Waals surface area contributed by atoms with Crippen LogP contribution in [0.2, 0.25) is 0 Å². The van der Waals surface area contributed by atoms with Crippen LogP contribution < -0.4 is 11.1 Å². The summed E-state index contributed by atoms with van der Waals surface area (Å²) in [5, 5.41) is 2.53. The highest BCUT2D eigenvalue weighted by molar-refractivity contribution is 6.06. The molecule has 2 rings (SSSR count). The largest absolute Gasteiger partial charge is 0.466 e. The lowest BCUT2D eigenvalue weighted by Crippen LogP contribution is -2.47. The SMILES string of the molecule is COC(=O)C1=C(C)NC(=O)C(C(N)=O)C1c1ccc(C)cc1. The van der Waals surface area contributed by atoms with Crippen LogP contribution in [-0.4, -0.2) is 24.9 Å². The molecule has 3 N–H and O–H groups in total. The molecule has 0 saturated heterocycles. The van der Waals surface area contributed by atoms with Gasteiger partial charge in [0.15, 0.2) is 0 Å². The first-order valence-electron chi connectivity index (χ1n) is 6.82. The lowest BCUT2D eigenvalue weighted by atomic mass is 9.76. The fourth-order valence-corrected chi connectivity index (χ4v) is 2.70. The minimum atomic E-state index is -1.15. The van der Waals surface area contributed by atoms with Crippen molar-refractivity contribution in [1.82, 2.24) is 5.32 Å². The molecule has 0 bridgehead atoms. The third-order valence-corrected chi connectivity index (χ3v) is 3.79. The van der Waals surface area contributed by atoms with Crippen molar-refractivity contribution in [3.05, 3.63) is 46.7 Å². The number of carbonyl (C=O) groups is 3. The molecule has 22 heavy (non-hydrogen) atoms. The molecule has 1 heterocycles. The van der Waals surface area contributed by atoms with Crippen molar-refractivity contribution >= 4 is 17.8 Å². The summed E-state index contributed by atoms with van der Waals surface area (Å²) in [6, 6.07) is 7.27. The molecular weight excluding hydrogens is 284 g/mol. The number of hydrogen-bond acceptors (Lipinski definition) is 4. The van der Waals surface area contributed by atoms with Crippen molar-refractivity contribution in [2.75, 3.05) is 7.11 Å². The number of hydrogen-bond donors (Lipinski definition) is 2. The van der Waals surface area contributed by atoms with E-state index in [4.69, 9.17) is 10.5 Å². The van der Waals surface area contributed by atoms with Gasteiger partial charge in [0.1, 0.15) is 5.92 Å². The molecule has 2 unspecified atom stereocenters. The van der Waals surface area contributed by atoms with Gasteiger partial charge in [0.05, 0.1) is 12.7 Å². The van der Waals surface area contributed by atoms with Gasteiger partial charge >= 0.3 is 5.97 Å². The van der Waals surface area contributed by atoms with Gasteiger partial charge in [-0.25, -0.2) is 4.79 Å². The van der Waals surface area contributed by atoms with E-state index < -0.39 is 29.6 Å². The van der Waals surface area contributed by atoms with Crippen molar-refractivity contribution in [1.29, 1.82) is 0 Å². The Morgan fingerprint density at radius 3 is 2.27 bits per heavy atom. The average molecular weight is 302 g/mol. The number of aryl methyl sites for hydroxylation is 1. The van der Waals surface area contributed by atoms with Crippen molar-refractivity contribution in [2.24, 2.45) is 11.7 Å². The maximum absolute atomic E-state index is 12.2. The summed E-state index contributed by atoms with van der Waals surface area (Å²) in [6.07, 6.45) is 0. The van der Waals surface area contributed by atoms with Crippen molar-refractivity contribution < 1.29 is 19.1 Å². The van der Waals surface area contributed by atoms with Crippen LogP contribution in [0.15, 0.2) is 35.5 Å². The average Bonchev–Trinajstić information content (AvgIpc) is 2.46. The quantitative estimate of drug-likeness (QED) is 0.636. The van der Waals surface area contributed by atoms with Crippen LogP contribution in [0.3, 0.4) is 0 Å². The molecule has 0 fully saturated rings. The van der Waals surface area contributed by atoms with E-state index >= 15 is 0 Å². The first-order valence-corrected chi connectivity index (χ1v) is 6.82. The number of rotatable bonds is 3. The van der Waals surface area contributed by atoms with Gasteiger partial charge in [-0.1, -0.05) is 29.8 Å². The summed E-state index contributed by atoms with van der Waals surface area (Å²) in [5.41, 5.74) is 7.71. The van der Waals surface area contributed by atoms with Gasteiger partial charge in [0.25, 0.3) is 0 Å². The smallest absolute Gasteiger partial charge is 0.336 e. The predicted octanol–water partition coefficient (Wildman–Crippen LogP) is 0.757. The molecular formula is C16H18N2O4. The molecule has 6 nitrogen and oxygen atoms in total. The number of primary amides is 1. The topological polar surface area (TPSA) is 98.5 Å². The predicted molar refractivity (Wildman–Crippen MR) is 79.5 cm³/mol. The molecule has 6 heteroatoms. The van der Waals surface area contributed by atoms with E-state index in [0.29, 0.717) is 11.3 Å². The zero-order valence-corrected chi connectivity index (χ0v) is 12.7. The third-order valence-electron chi connectivity index (χ3n) is 3.79. The van der Waals surface area contributed by atoms with E-state index in [1.165, 1.54) is 7.11 Å². The number of nitrogens with two attached hydrogens (primary N) is 1. The standard InChI is InChI=1S/C16H18N2O4/c1-8-4-6-10(7-5-8)12-11(16(21)22-3)9(2)18-15(20)13(12)14(17)19/h4-7,12-13H,1-3H3,(H2,17,19)(H,18,20). The van der Waals surface area contributed by atoms with E-state index in [1.54, 1.807) is 19.1 Å². The number of nitrogens with one attached hydrogen (secondary N) is 1. The summed E-state index contributed by atoms with van der Waals surface area (Å²) >= 11 is 0. The Balaban J connectivity index is 2.64. The van der Waals surface area contributed by atoms with Gasteiger partial charge in [0, 0.05) is 11.6 Å². The van der Waals surface area contributed by atoms with Crippen LogP contribution in [0.5, 0.6) is 0 Å². The number of esters is 1. The first-order chi connectivity index (χ1) is 10.4. The highest BCUT2D eigenvalue weighted by atomic mass is 16.5. The molecule has 116 valence electrons. The first kappa shape index (κ1) is 15.8. The summed E-state index contributed by atoms with van der Waals surface area (Å²) in [5.74, 6) is -3.78. The molecule has 2 atom stereocenters. The highest BCUT2D eigenvalue weighted by Gasteiger charge is 2.43. The van der Waals surface area contributed by atoms with E-state index in [1.807, 2.05) is 19.1 Å². The molecule has 0 aromatic heterocycles. The van der Waals surface area contributed by atoms with Crippen LogP contribution >= 0.6 is 0 Å². The van der Waals surface area contributed by atoms with Crippen LogP contribution in [0.25, 0.3) is 0 Å². The van der Waals surface area contributed by atoms with Crippen LogP contribution in [0.1, 0.15) is 24.0 Å². The molecule has 2 amide bonds. The molecule has 1 aliphatic rings. The maximum Gasteiger partial charge on any atom is 0.336 e. The Hall–Kier alpha value is -2.63. The number of methoxy groups -OCH3 is 1. The summed E-state index contributed by atoms with van der Waals surface area (Å²) < 4.78 is 4.80. The van der Waals surface area contributed by atoms with Gasteiger partial charge < -0.3 is 15.8 Å². The summed E-state index contributed by atoms with van der Waals surface area (Å²) in [6.45, 7) is 3.52. The van der Waals surface area contributed by atoms with Crippen LogP contribution in [0, 0.1) is 12.8 Å². The second-order valence-electron chi connectivity index (χ2n) is 5.29. The molecule has 0 spiro atoms. The Bertz CT molecular complexity index is 661. The van der Waals surface area contributed by atoms with Gasteiger partial charge in [-0.05, 0) is 19.4 Å². The van der Waals surface area contributed by atoms with Crippen LogP contribution in [0.4, 0.5) is 0 Å². The second kappa shape index (κ2) is 6.01.